The second-order valence-electron chi connectivity index (χ2n) is 5.60. The third kappa shape index (κ3) is 2.71. The number of halogens is 1. The molecule has 3 heteroatoms. The fourth-order valence-corrected chi connectivity index (χ4v) is 3.80. The van der Waals surface area contributed by atoms with Gasteiger partial charge in [-0.15, -0.1) is 11.3 Å². The van der Waals surface area contributed by atoms with Crippen LogP contribution in [0.3, 0.4) is 0 Å². The fourth-order valence-electron chi connectivity index (χ4n) is 2.70. The van der Waals surface area contributed by atoms with Crippen LogP contribution in [0.15, 0.2) is 47.8 Å². The van der Waals surface area contributed by atoms with Crippen LogP contribution in [0.5, 0.6) is 0 Å². The van der Waals surface area contributed by atoms with E-state index in [0.29, 0.717) is 6.04 Å². The molecule has 1 saturated carbocycles. The Morgan fingerprint density at radius 3 is 2.86 bits per heavy atom. The van der Waals surface area contributed by atoms with E-state index in [1.807, 2.05) is 6.07 Å². The SMILES string of the molecule is Clc1ccc(CNC2CC2)c(-c2cccc3ccsc23)c1. The Morgan fingerprint density at radius 1 is 1.10 bits per heavy atom. The fraction of sp³-hybridized carbons (Fsp3) is 0.222. The van der Waals surface area contributed by atoms with E-state index in [9.17, 15) is 0 Å². The van der Waals surface area contributed by atoms with Crippen LogP contribution in [0.2, 0.25) is 5.02 Å². The Labute approximate surface area is 133 Å². The van der Waals surface area contributed by atoms with Gasteiger partial charge < -0.3 is 5.32 Å². The van der Waals surface area contributed by atoms with Gasteiger partial charge in [0.05, 0.1) is 0 Å². The van der Waals surface area contributed by atoms with E-state index in [1.165, 1.54) is 39.6 Å². The van der Waals surface area contributed by atoms with Crippen molar-refractivity contribution in [2.45, 2.75) is 25.4 Å². The Hall–Kier alpha value is -1.35. The third-order valence-electron chi connectivity index (χ3n) is 4.00. The van der Waals surface area contributed by atoms with Gasteiger partial charge in [0.15, 0.2) is 0 Å². The van der Waals surface area contributed by atoms with Crippen LogP contribution in [0.4, 0.5) is 0 Å². The molecule has 1 aliphatic carbocycles. The minimum atomic E-state index is 0.714. The van der Waals surface area contributed by atoms with E-state index in [-0.39, 0.29) is 0 Å². The van der Waals surface area contributed by atoms with Gasteiger partial charge in [-0.3, -0.25) is 0 Å². The van der Waals surface area contributed by atoms with Crippen LogP contribution in [0, 0.1) is 0 Å². The Morgan fingerprint density at radius 2 is 2.00 bits per heavy atom. The van der Waals surface area contributed by atoms with Gasteiger partial charge in [-0.1, -0.05) is 35.9 Å². The third-order valence-corrected chi connectivity index (χ3v) is 5.20. The Kier molecular flexibility index (Phi) is 3.46. The summed E-state index contributed by atoms with van der Waals surface area (Å²) < 4.78 is 1.34. The zero-order valence-electron chi connectivity index (χ0n) is 11.6. The Bertz CT molecular complexity index is 789. The predicted octanol–water partition coefficient (Wildman–Crippen LogP) is 5.47. The number of thiophene rings is 1. The van der Waals surface area contributed by atoms with Crippen LogP contribution in [-0.2, 0) is 6.54 Å². The average molecular weight is 314 g/mol. The van der Waals surface area contributed by atoms with Crippen LogP contribution in [0.1, 0.15) is 18.4 Å². The molecule has 0 unspecified atom stereocenters. The lowest BCUT2D eigenvalue weighted by Crippen LogP contribution is -2.15. The molecule has 2 aromatic carbocycles. The van der Waals surface area contributed by atoms with Crippen molar-refractivity contribution in [3.05, 3.63) is 58.4 Å². The van der Waals surface area contributed by atoms with Gasteiger partial charge in [-0.2, -0.15) is 0 Å². The molecule has 106 valence electrons. The van der Waals surface area contributed by atoms with Crippen LogP contribution in [0.25, 0.3) is 21.2 Å². The van der Waals surface area contributed by atoms with Crippen molar-refractivity contribution in [3.8, 4) is 11.1 Å². The zero-order valence-corrected chi connectivity index (χ0v) is 13.2. The Balaban J connectivity index is 1.81. The monoisotopic (exact) mass is 313 g/mol. The molecule has 0 atom stereocenters. The van der Waals surface area contributed by atoms with E-state index >= 15 is 0 Å². The van der Waals surface area contributed by atoms with Crippen molar-refractivity contribution in [1.29, 1.82) is 0 Å². The molecule has 1 N–H and O–H groups in total. The lowest BCUT2D eigenvalue weighted by atomic mass is 9.98. The topological polar surface area (TPSA) is 12.0 Å². The first-order chi connectivity index (χ1) is 10.3. The summed E-state index contributed by atoms with van der Waals surface area (Å²) >= 11 is 8.05. The van der Waals surface area contributed by atoms with Gasteiger partial charge in [-0.25, -0.2) is 0 Å². The van der Waals surface area contributed by atoms with Crippen LogP contribution >= 0.6 is 22.9 Å². The molecule has 0 spiro atoms. The van der Waals surface area contributed by atoms with E-state index < -0.39 is 0 Å². The van der Waals surface area contributed by atoms with Crippen molar-refractivity contribution < 1.29 is 0 Å². The highest BCUT2D eigenvalue weighted by Crippen LogP contribution is 2.36. The van der Waals surface area contributed by atoms with Crippen molar-refractivity contribution in [2.75, 3.05) is 0 Å². The normalized spacial score (nSPS) is 14.7. The molecule has 0 aliphatic heterocycles. The summed E-state index contributed by atoms with van der Waals surface area (Å²) in [6.07, 6.45) is 2.62. The van der Waals surface area contributed by atoms with Crippen molar-refractivity contribution >= 4 is 33.0 Å². The highest BCUT2D eigenvalue weighted by atomic mass is 35.5. The standard InChI is InChI=1S/C18H16ClNS/c19-14-5-4-13(11-20-15-6-7-15)17(10-14)16-3-1-2-12-8-9-21-18(12)16/h1-5,8-10,15,20H,6-7,11H2. The molecule has 3 aromatic rings. The van der Waals surface area contributed by atoms with E-state index in [1.54, 1.807) is 11.3 Å². The summed E-state index contributed by atoms with van der Waals surface area (Å²) in [6, 6.07) is 15.6. The summed E-state index contributed by atoms with van der Waals surface area (Å²) in [7, 11) is 0. The number of hydrogen-bond donors (Lipinski definition) is 1. The summed E-state index contributed by atoms with van der Waals surface area (Å²) in [5.74, 6) is 0. The van der Waals surface area contributed by atoms with E-state index in [2.05, 4.69) is 47.1 Å². The summed E-state index contributed by atoms with van der Waals surface area (Å²) in [4.78, 5) is 0. The van der Waals surface area contributed by atoms with Gasteiger partial charge in [0.25, 0.3) is 0 Å². The zero-order chi connectivity index (χ0) is 14.2. The number of nitrogens with one attached hydrogen (secondary N) is 1. The molecule has 0 bridgehead atoms. The first kappa shape index (κ1) is 13.3. The number of benzene rings is 2. The summed E-state index contributed by atoms with van der Waals surface area (Å²) in [6.45, 7) is 0.916. The van der Waals surface area contributed by atoms with E-state index in [0.717, 1.165) is 11.6 Å². The maximum atomic E-state index is 6.25. The highest BCUT2D eigenvalue weighted by Gasteiger charge is 2.20. The molecule has 0 saturated heterocycles. The minimum Gasteiger partial charge on any atom is -0.310 e. The van der Waals surface area contributed by atoms with Crippen LogP contribution < -0.4 is 5.32 Å². The second-order valence-corrected chi connectivity index (χ2v) is 6.95. The molecule has 1 fully saturated rings. The van der Waals surface area contributed by atoms with Gasteiger partial charge >= 0.3 is 0 Å². The molecule has 1 aromatic heterocycles. The quantitative estimate of drug-likeness (QED) is 0.673. The molecular formula is C18H16ClNS. The lowest BCUT2D eigenvalue weighted by Gasteiger charge is -2.12. The van der Waals surface area contributed by atoms with Crippen LogP contribution in [-0.4, -0.2) is 6.04 Å². The highest BCUT2D eigenvalue weighted by molar-refractivity contribution is 7.17. The number of hydrogen-bond acceptors (Lipinski definition) is 2. The van der Waals surface area contributed by atoms with E-state index in [4.69, 9.17) is 11.6 Å². The molecule has 1 nitrogen and oxygen atoms in total. The minimum absolute atomic E-state index is 0.714. The number of fused-ring (bicyclic) bond motifs is 1. The summed E-state index contributed by atoms with van der Waals surface area (Å²) in [5, 5.41) is 7.86. The lowest BCUT2D eigenvalue weighted by molar-refractivity contribution is 0.689. The van der Waals surface area contributed by atoms with Gasteiger partial charge in [0.1, 0.15) is 0 Å². The molecule has 4 rings (SSSR count). The molecule has 0 radical (unpaired) electrons. The molecule has 21 heavy (non-hydrogen) atoms. The second kappa shape index (κ2) is 5.45. The molecule has 0 amide bonds. The average Bonchev–Trinajstić information content (AvgIpc) is 3.20. The maximum absolute atomic E-state index is 6.25. The van der Waals surface area contributed by atoms with Gasteiger partial charge in [-0.05, 0) is 58.5 Å². The van der Waals surface area contributed by atoms with Gasteiger partial charge in [0, 0.05) is 22.3 Å². The molecule has 1 aliphatic rings. The smallest absolute Gasteiger partial charge is 0.0421 e. The maximum Gasteiger partial charge on any atom is 0.0421 e. The molecule has 1 heterocycles. The van der Waals surface area contributed by atoms with Crippen molar-refractivity contribution in [1.82, 2.24) is 5.32 Å². The molecular weight excluding hydrogens is 298 g/mol. The first-order valence-corrected chi connectivity index (χ1v) is 8.55. The predicted molar refractivity (Wildman–Crippen MR) is 92.1 cm³/mol. The summed E-state index contributed by atoms with van der Waals surface area (Å²) in [5.41, 5.74) is 3.87. The van der Waals surface area contributed by atoms with Gasteiger partial charge in [0.2, 0.25) is 0 Å². The van der Waals surface area contributed by atoms with Crippen molar-refractivity contribution in [2.24, 2.45) is 0 Å². The van der Waals surface area contributed by atoms with Crippen molar-refractivity contribution in [3.63, 3.8) is 0 Å². The number of rotatable bonds is 4. The first-order valence-electron chi connectivity index (χ1n) is 7.30. The largest absolute Gasteiger partial charge is 0.310 e.